The Morgan fingerprint density at radius 1 is 1.67 bits per heavy atom. The molecule has 0 bridgehead atoms. The lowest BCUT2D eigenvalue weighted by Gasteiger charge is -2.31. The Bertz CT molecular complexity index is 165. The van der Waals surface area contributed by atoms with E-state index >= 15 is 0 Å². The van der Waals surface area contributed by atoms with Crippen molar-refractivity contribution in [3.8, 4) is 0 Å². The van der Waals surface area contributed by atoms with Gasteiger partial charge in [0, 0.05) is 5.92 Å². The second-order valence-electron chi connectivity index (χ2n) is 3.03. The van der Waals surface area contributed by atoms with E-state index < -0.39 is 11.8 Å². The molecule has 0 saturated carbocycles. The number of halogens is 2. The molecule has 1 fully saturated rings. The van der Waals surface area contributed by atoms with Crippen LogP contribution in [0.3, 0.4) is 0 Å². The highest BCUT2D eigenvalue weighted by molar-refractivity contribution is 6.66. The van der Waals surface area contributed by atoms with Crippen molar-refractivity contribution in [3.05, 3.63) is 0 Å². The minimum absolute atomic E-state index is 0.193. The van der Waals surface area contributed by atoms with Gasteiger partial charge in [0.2, 0.25) is 0 Å². The van der Waals surface area contributed by atoms with Gasteiger partial charge < -0.3 is 10.1 Å². The van der Waals surface area contributed by atoms with Crippen LogP contribution in [0.1, 0.15) is 6.42 Å². The highest BCUT2D eigenvalue weighted by Crippen LogP contribution is 2.31. The Labute approximate surface area is 71.0 Å². The summed E-state index contributed by atoms with van der Waals surface area (Å²) in [6.07, 6.45) is 1.22. The van der Waals surface area contributed by atoms with Crippen molar-refractivity contribution in [1.82, 2.24) is 5.32 Å². The first kappa shape index (κ1) is 9.64. The molecule has 1 unspecified atom stereocenters. The summed E-state index contributed by atoms with van der Waals surface area (Å²) in [5.74, 6) is -3.32. The second kappa shape index (κ2) is 3.98. The van der Waals surface area contributed by atoms with Crippen molar-refractivity contribution in [2.75, 3.05) is 13.1 Å². The van der Waals surface area contributed by atoms with Crippen LogP contribution < -0.4 is 5.32 Å². The van der Waals surface area contributed by atoms with Crippen LogP contribution in [0.4, 0.5) is 8.78 Å². The normalized spacial score (nSPS) is 28.0. The molecule has 1 N–H and O–H groups in total. The first-order valence-electron chi connectivity index (χ1n) is 4.02. The predicted octanol–water partition coefficient (Wildman–Crippen LogP) is 0.544. The zero-order valence-electron chi connectivity index (χ0n) is 6.72. The minimum atomic E-state index is -2.66. The summed E-state index contributed by atoms with van der Waals surface area (Å²) in [4.78, 5) is 9.94. The van der Waals surface area contributed by atoms with Crippen molar-refractivity contribution in [2.24, 2.45) is 5.92 Å². The Morgan fingerprint density at radius 3 is 3.00 bits per heavy atom. The molecule has 5 heteroatoms. The van der Waals surface area contributed by atoms with Crippen LogP contribution >= 0.6 is 0 Å². The third-order valence-electron chi connectivity index (χ3n) is 2.14. The lowest BCUT2D eigenvalue weighted by Crippen LogP contribution is -2.46. The maximum Gasteiger partial charge on any atom is 0.262 e. The molecule has 0 aromatic rings. The van der Waals surface area contributed by atoms with E-state index in [-0.39, 0.29) is 12.9 Å². The highest BCUT2D eigenvalue weighted by Gasteiger charge is 2.40. The summed E-state index contributed by atoms with van der Waals surface area (Å²) in [6, 6.07) is 0. The van der Waals surface area contributed by atoms with Crippen LogP contribution in [-0.2, 0) is 4.79 Å². The van der Waals surface area contributed by atoms with E-state index in [1.54, 1.807) is 0 Å². The summed E-state index contributed by atoms with van der Waals surface area (Å²) >= 11 is 0. The molecular weight excluding hydrogens is 163 g/mol. The number of nitrogens with one attached hydrogen (secondary N) is 1. The monoisotopic (exact) mass is 174 g/mol. The molecule has 0 aromatic carbocycles. The number of alkyl halides is 2. The Kier molecular flexibility index (Phi) is 3.20. The molecule has 67 valence electrons. The molecule has 1 rings (SSSR count). The lowest BCUT2D eigenvalue weighted by molar-refractivity contribution is -0.0656. The first-order chi connectivity index (χ1) is 5.67. The molecule has 0 amide bonds. The van der Waals surface area contributed by atoms with E-state index in [9.17, 15) is 13.6 Å². The number of piperidine rings is 1. The van der Waals surface area contributed by atoms with Gasteiger partial charge in [0.05, 0.1) is 12.7 Å². The number of hydrogen-bond acceptors (Lipinski definition) is 2. The van der Waals surface area contributed by atoms with Gasteiger partial charge in [0.25, 0.3) is 5.92 Å². The standard InChI is InChI=1S/C7H11BF2NO/c9-7(10)4-11-2-1-6(7)3-8-5-12/h5-6,11H,1-4H2. The first-order valence-corrected chi connectivity index (χ1v) is 4.02. The van der Waals surface area contributed by atoms with Gasteiger partial charge in [-0.1, -0.05) is 6.32 Å². The Hall–Kier alpha value is -0.445. The van der Waals surface area contributed by atoms with E-state index in [0.717, 1.165) is 0 Å². The van der Waals surface area contributed by atoms with Crippen LogP contribution in [0, 0.1) is 5.92 Å². The summed E-state index contributed by atoms with van der Waals surface area (Å²) in [5.41, 5.74) is 0. The average molecular weight is 174 g/mol. The predicted molar refractivity (Wildman–Crippen MR) is 43.2 cm³/mol. The van der Waals surface area contributed by atoms with E-state index in [4.69, 9.17) is 0 Å². The minimum Gasteiger partial charge on any atom is -0.316 e. The maximum atomic E-state index is 13.0. The molecule has 0 spiro atoms. The molecule has 1 radical (unpaired) electrons. The van der Waals surface area contributed by atoms with E-state index in [1.807, 2.05) is 0 Å². The molecule has 1 saturated heterocycles. The van der Waals surface area contributed by atoms with Crippen molar-refractivity contribution in [1.29, 1.82) is 0 Å². The van der Waals surface area contributed by atoms with Crippen LogP contribution in [-0.4, -0.2) is 32.5 Å². The SMILES string of the molecule is O=C[B]CC1CCNCC1(F)F. The molecule has 1 heterocycles. The van der Waals surface area contributed by atoms with Gasteiger partial charge in [-0.15, -0.1) is 0 Å². The summed E-state index contributed by atoms with van der Waals surface area (Å²) < 4.78 is 26.0. The molecule has 1 aliphatic rings. The van der Waals surface area contributed by atoms with E-state index in [2.05, 4.69) is 5.32 Å². The van der Waals surface area contributed by atoms with Gasteiger partial charge in [0.1, 0.15) is 0 Å². The lowest BCUT2D eigenvalue weighted by atomic mass is 9.68. The fourth-order valence-electron chi connectivity index (χ4n) is 1.40. The highest BCUT2D eigenvalue weighted by atomic mass is 19.3. The van der Waals surface area contributed by atoms with E-state index in [0.29, 0.717) is 19.2 Å². The summed E-state index contributed by atoms with van der Waals surface area (Å²) in [5, 5.41) is 2.63. The largest absolute Gasteiger partial charge is 0.316 e. The molecule has 1 atom stereocenters. The number of rotatable bonds is 3. The van der Waals surface area contributed by atoms with Gasteiger partial charge in [-0.3, -0.25) is 0 Å². The Balaban J connectivity index is 2.42. The van der Waals surface area contributed by atoms with Crippen molar-refractivity contribution in [2.45, 2.75) is 18.7 Å². The quantitative estimate of drug-likeness (QED) is 0.499. The topological polar surface area (TPSA) is 29.1 Å². The van der Waals surface area contributed by atoms with Crippen LogP contribution in [0.5, 0.6) is 0 Å². The van der Waals surface area contributed by atoms with Gasteiger partial charge in [0.15, 0.2) is 7.28 Å². The van der Waals surface area contributed by atoms with E-state index in [1.165, 1.54) is 7.28 Å². The molecule has 2 nitrogen and oxygen atoms in total. The molecule has 0 aromatic heterocycles. The zero-order chi connectivity index (χ0) is 9.03. The zero-order valence-corrected chi connectivity index (χ0v) is 6.72. The summed E-state index contributed by atoms with van der Waals surface area (Å²) in [6.45, 7) is 0.358. The van der Waals surface area contributed by atoms with Crippen molar-refractivity contribution in [3.63, 3.8) is 0 Å². The van der Waals surface area contributed by atoms with Crippen LogP contribution in [0.2, 0.25) is 6.32 Å². The number of hydrogen-bond donors (Lipinski definition) is 1. The van der Waals surface area contributed by atoms with Gasteiger partial charge >= 0.3 is 0 Å². The average Bonchev–Trinajstić information content (AvgIpc) is 2.02. The molecule has 1 aliphatic heterocycles. The van der Waals surface area contributed by atoms with Crippen LogP contribution in [0.25, 0.3) is 0 Å². The summed E-state index contributed by atoms with van der Waals surface area (Å²) in [7, 11) is 1.27. The second-order valence-corrected chi connectivity index (χ2v) is 3.03. The van der Waals surface area contributed by atoms with Gasteiger partial charge in [-0.05, 0) is 13.0 Å². The van der Waals surface area contributed by atoms with Gasteiger partial charge in [-0.25, -0.2) is 8.78 Å². The number of carbonyl (C=O) groups excluding carboxylic acids is 1. The maximum absolute atomic E-state index is 13.0. The Morgan fingerprint density at radius 2 is 2.42 bits per heavy atom. The fraction of sp³-hybridized carbons (Fsp3) is 0.857. The van der Waals surface area contributed by atoms with Crippen molar-refractivity contribution >= 4 is 13.5 Å². The fourth-order valence-corrected chi connectivity index (χ4v) is 1.40. The molecule has 0 aliphatic carbocycles. The van der Waals surface area contributed by atoms with Gasteiger partial charge in [-0.2, -0.15) is 0 Å². The van der Waals surface area contributed by atoms with Crippen LogP contribution in [0.15, 0.2) is 0 Å². The number of carbonyl (C=O) groups is 1. The molecular formula is C7H11BF2NO. The smallest absolute Gasteiger partial charge is 0.262 e. The van der Waals surface area contributed by atoms with Crippen molar-refractivity contribution < 1.29 is 13.6 Å². The third kappa shape index (κ3) is 2.27. The third-order valence-corrected chi connectivity index (χ3v) is 2.14. The molecule has 12 heavy (non-hydrogen) atoms.